The van der Waals surface area contributed by atoms with Crippen molar-refractivity contribution in [1.29, 1.82) is 0 Å². The highest BCUT2D eigenvalue weighted by molar-refractivity contribution is 7.52. The molecule has 0 radical (unpaired) electrons. The number of nitrogen functional groups attached to an aromatic ring is 1. The van der Waals surface area contributed by atoms with Gasteiger partial charge < -0.3 is 34.7 Å². The number of aromatic nitrogens is 4. The van der Waals surface area contributed by atoms with Gasteiger partial charge in [-0.3, -0.25) is 13.9 Å². The van der Waals surface area contributed by atoms with Crippen molar-refractivity contribution >= 4 is 41.6 Å². The predicted molar refractivity (Wildman–Crippen MR) is 166 cm³/mol. The topological polar surface area (TPSA) is 202 Å². The highest BCUT2D eigenvalue weighted by Gasteiger charge is 2.54. The van der Waals surface area contributed by atoms with Crippen LogP contribution in [0.3, 0.4) is 0 Å². The van der Waals surface area contributed by atoms with Crippen LogP contribution in [0.1, 0.15) is 45.8 Å². The zero-order valence-corrected chi connectivity index (χ0v) is 26.5. The van der Waals surface area contributed by atoms with Crippen LogP contribution in [-0.2, 0) is 23.4 Å². The average Bonchev–Trinajstić information content (AvgIpc) is 3.75. The van der Waals surface area contributed by atoms with E-state index in [-0.39, 0.29) is 34.8 Å². The van der Waals surface area contributed by atoms with E-state index in [0.717, 1.165) is 31.1 Å². The lowest BCUT2D eigenvalue weighted by Gasteiger charge is -2.27. The van der Waals surface area contributed by atoms with E-state index in [0.29, 0.717) is 5.39 Å². The summed E-state index contributed by atoms with van der Waals surface area (Å²) in [5, 5.41) is 26.8. The molecule has 2 aliphatic rings. The first-order valence-electron chi connectivity index (χ1n) is 15.0. The number of carbonyl (C=O) groups is 1. The second kappa shape index (κ2) is 12.7. The van der Waals surface area contributed by atoms with Gasteiger partial charge in [-0.1, -0.05) is 36.4 Å². The predicted octanol–water partition coefficient (Wildman–Crippen LogP) is 3.25. The lowest BCUT2D eigenvalue weighted by molar-refractivity contribution is -0.150. The van der Waals surface area contributed by atoms with Crippen molar-refractivity contribution in [1.82, 2.24) is 24.6 Å². The Morgan fingerprint density at radius 2 is 1.96 bits per heavy atom. The Morgan fingerprint density at radius 1 is 1.22 bits per heavy atom. The van der Waals surface area contributed by atoms with Crippen LogP contribution < -0.4 is 20.1 Å². The van der Waals surface area contributed by atoms with Crippen molar-refractivity contribution in [3.8, 4) is 11.6 Å². The summed E-state index contributed by atoms with van der Waals surface area (Å²) in [7, 11) is -2.95. The molecule has 5 N–H and O–H groups in total. The fourth-order valence-corrected chi connectivity index (χ4v) is 7.35. The van der Waals surface area contributed by atoms with E-state index in [1.165, 1.54) is 31.9 Å². The number of nitrogens with zero attached hydrogens (tertiary/aromatic N) is 4. The molecule has 2 aromatic carbocycles. The van der Waals surface area contributed by atoms with Gasteiger partial charge in [-0.15, -0.1) is 0 Å². The molecule has 1 aliphatic heterocycles. The van der Waals surface area contributed by atoms with Gasteiger partial charge in [0.2, 0.25) is 11.8 Å². The number of ether oxygens (including phenoxy) is 3. The first-order chi connectivity index (χ1) is 22.0. The molecule has 1 saturated heterocycles. The maximum Gasteiger partial charge on any atom is 0.459 e. The lowest BCUT2D eigenvalue weighted by Crippen LogP contribution is -2.44. The SMILES string of the molecule is COc1nc(N)nc2c1ncn2C1O[C@H](COP(=O)(NC(C)C(=O)OC2CCCC2)Oc2cccc3ccccc23)[C@@H](O)[C@@]1(C)O. The maximum absolute atomic E-state index is 14.4. The van der Waals surface area contributed by atoms with Crippen LogP contribution in [0.5, 0.6) is 11.6 Å². The summed E-state index contributed by atoms with van der Waals surface area (Å²) < 4.78 is 44.6. The second-order valence-electron chi connectivity index (χ2n) is 11.7. The third kappa shape index (κ3) is 6.26. The number of benzene rings is 2. The van der Waals surface area contributed by atoms with Gasteiger partial charge in [0.1, 0.15) is 35.7 Å². The van der Waals surface area contributed by atoms with Gasteiger partial charge in [-0.05, 0) is 51.0 Å². The third-order valence-corrected chi connectivity index (χ3v) is 9.90. The van der Waals surface area contributed by atoms with E-state index >= 15 is 0 Å². The van der Waals surface area contributed by atoms with Gasteiger partial charge in [0.25, 0.3) is 0 Å². The van der Waals surface area contributed by atoms with Crippen LogP contribution in [0.25, 0.3) is 21.9 Å². The number of aliphatic hydroxyl groups excluding tert-OH is 1. The number of hydrogen-bond acceptors (Lipinski definition) is 13. The number of carbonyl (C=O) groups excluding carboxylic acids is 1. The monoisotopic (exact) mass is 656 g/mol. The molecule has 4 aromatic rings. The summed E-state index contributed by atoms with van der Waals surface area (Å²) in [6.45, 7) is 2.38. The number of esters is 1. The van der Waals surface area contributed by atoms with E-state index < -0.39 is 50.4 Å². The number of aliphatic hydroxyl groups is 2. The fourth-order valence-electron chi connectivity index (χ4n) is 5.83. The van der Waals surface area contributed by atoms with Crippen molar-refractivity contribution in [2.45, 2.75) is 75.7 Å². The number of imidazole rings is 1. The lowest BCUT2D eigenvalue weighted by atomic mass is 9.96. The minimum absolute atomic E-state index is 0.0950. The molecule has 6 atom stereocenters. The minimum Gasteiger partial charge on any atom is -0.479 e. The van der Waals surface area contributed by atoms with E-state index in [1.807, 2.05) is 24.3 Å². The van der Waals surface area contributed by atoms with Gasteiger partial charge in [-0.2, -0.15) is 15.1 Å². The molecular formula is C30H37N6O9P. The molecular weight excluding hydrogens is 619 g/mol. The number of methoxy groups -OCH3 is 1. The molecule has 1 aliphatic carbocycles. The van der Waals surface area contributed by atoms with E-state index in [2.05, 4.69) is 20.0 Å². The highest BCUT2D eigenvalue weighted by Crippen LogP contribution is 2.48. The molecule has 2 aromatic heterocycles. The van der Waals surface area contributed by atoms with Crippen LogP contribution in [0.2, 0.25) is 0 Å². The number of anilines is 1. The molecule has 0 spiro atoms. The third-order valence-electron chi connectivity index (χ3n) is 8.27. The molecule has 1 saturated carbocycles. The Balaban J connectivity index is 1.25. The maximum atomic E-state index is 14.4. The Morgan fingerprint density at radius 3 is 2.72 bits per heavy atom. The summed E-state index contributed by atoms with van der Waals surface area (Å²) in [4.78, 5) is 25.4. The molecule has 0 bridgehead atoms. The smallest absolute Gasteiger partial charge is 0.459 e. The van der Waals surface area contributed by atoms with E-state index in [1.54, 1.807) is 18.2 Å². The van der Waals surface area contributed by atoms with Gasteiger partial charge in [-0.25, -0.2) is 9.55 Å². The summed E-state index contributed by atoms with van der Waals surface area (Å²) in [6, 6.07) is 11.5. The summed E-state index contributed by atoms with van der Waals surface area (Å²) in [5.41, 5.74) is 4.42. The number of nitrogens with two attached hydrogens (primary N) is 1. The Labute approximate surface area is 264 Å². The molecule has 246 valence electrons. The first kappa shape index (κ1) is 32.1. The number of nitrogens with one attached hydrogen (secondary N) is 1. The molecule has 16 heteroatoms. The van der Waals surface area contributed by atoms with Gasteiger partial charge in [0.05, 0.1) is 20.0 Å². The van der Waals surface area contributed by atoms with Crippen LogP contribution in [0, 0.1) is 0 Å². The molecule has 46 heavy (non-hydrogen) atoms. The second-order valence-corrected chi connectivity index (χ2v) is 13.4. The van der Waals surface area contributed by atoms with Crippen molar-refractivity contribution < 1.29 is 42.8 Å². The van der Waals surface area contributed by atoms with Crippen molar-refractivity contribution in [2.75, 3.05) is 19.5 Å². The van der Waals surface area contributed by atoms with E-state index in [9.17, 15) is 19.6 Å². The quantitative estimate of drug-likeness (QED) is 0.135. The normalized spacial score (nSPS) is 25.5. The number of fused-ring (bicyclic) bond motifs is 2. The van der Waals surface area contributed by atoms with Crippen molar-refractivity contribution in [2.24, 2.45) is 0 Å². The summed E-state index contributed by atoms with van der Waals surface area (Å²) in [6.07, 6.45) is 0.709. The van der Waals surface area contributed by atoms with Crippen molar-refractivity contribution in [3.05, 3.63) is 48.8 Å². The zero-order valence-electron chi connectivity index (χ0n) is 25.6. The minimum atomic E-state index is -4.35. The highest BCUT2D eigenvalue weighted by atomic mass is 31.2. The summed E-state index contributed by atoms with van der Waals surface area (Å²) >= 11 is 0. The van der Waals surface area contributed by atoms with E-state index in [4.69, 9.17) is 29.0 Å². The Bertz CT molecular complexity index is 1770. The number of hydrogen-bond donors (Lipinski definition) is 4. The van der Waals surface area contributed by atoms with Crippen LogP contribution in [0.4, 0.5) is 5.95 Å². The van der Waals surface area contributed by atoms with Gasteiger partial charge >= 0.3 is 13.7 Å². The molecule has 0 amide bonds. The summed E-state index contributed by atoms with van der Waals surface area (Å²) in [5.74, 6) is -0.319. The Kier molecular flexibility index (Phi) is 8.89. The van der Waals surface area contributed by atoms with Crippen molar-refractivity contribution in [3.63, 3.8) is 0 Å². The standard InChI is InChI=1S/C30H37N6O9P/c1-17(27(38)43-19-11-5-6-12-19)35-46(40,45-21-14-8-10-18-9-4-7-13-20(18)21)42-15-22-24(37)30(2,39)28(44-22)36-16-32-23-25(36)33-29(31)34-26(23)41-3/h4,7-10,13-14,16-17,19,22,24,28,37,39H,5-6,11-12,15H2,1-3H3,(H,35,40)(H2,31,33,34)/t17?,22-,24-,28?,30-,46?/m1/s1. The Hall–Kier alpha value is -3.85. The molecule has 15 nitrogen and oxygen atoms in total. The van der Waals surface area contributed by atoms with Crippen LogP contribution in [0.15, 0.2) is 48.8 Å². The molecule has 2 fully saturated rings. The average molecular weight is 657 g/mol. The first-order valence-corrected chi connectivity index (χ1v) is 16.5. The number of rotatable bonds is 11. The van der Waals surface area contributed by atoms with Crippen LogP contribution in [-0.4, -0.2) is 79.4 Å². The van der Waals surface area contributed by atoms with Gasteiger partial charge in [0, 0.05) is 5.39 Å². The molecule has 3 unspecified atom stereocenters. The zero-order chi connectivity index (χ0) is 32.6. The molecule has 6 rings (SSSR count). The molecule has 3 heterocycles. The largest absolute Gasteiger partial charge is 0.479 e. The van der Waals surface area contributed by atoms with Crippen LogP contribution >= 0.6 is 7.75 Å². The van der Waals surface area contributed by atoms with Gasteiger partial charge in [0.15, 0.2) is 17.4 Å². The fraction of sp³-hybridized carbons (Fsp3) is 0.467.